The topological polar surface area (TPSA) is 34.9 Å². The first-order valence-electron chi connectivity index (χ1n) is 5.22. The fourth-order valence-electron chi connectivity index (χ4n) is 1.32. The van der Waals surface area contributed by atoms with Crippen LogP contribution in [0, 0.1) is 0 Å². The molecule has 15 heavy (non-hydrogen) atoms. The first-order chi connectivity index (χ1) is 7.17. The lowest BCUT2D eigenvalue weighted by Gasteiger charge is -2.07. The maximum Gasteiger partial charge on any atom is 0.148 e. The third-order valence-electron chi connectivity index (χ3n) is 2.39. The van der Waals surface area contributed by atoms with E-state index in [1.807, 2.05) is 23.2 Å². The molecule has 0 radical (unpaired) electrons. The van der Waals surface area contributed by atoms with Gasteiger partial charge >= 0.3 is 0 Å². The fourth-order valence-corrected chi connectivity index (χ4v) is 1.74. The van der Waals surface area contributed by atoms with Crippen LogP contribution in [-0.2, 0) is 11.2 Å². The van der Waals surface area contributed by atoms with Crippen LogP contribution in [0.5, 0.6) is 0 Å². The summed E-state index contributed by atoms with van der Waals surface area (Å²) in [5, 5.41) is 4.39. The van der Waals surface area contributed by atoms with E-state index in [1.54, 1.807) is 11.8 Å². The Balaban J connectivity index is 2.56. The van der Waals surface area contributed by atoms with Gasteiger partial charge in [0.1, 0.15) is 5.78 Å². The summed E-state index contributed by atoms with van der Waals surface area (Å²) in [7, 11) is 0. The lowest BCUT2D eigenvalue weighted by molar-refractivity contribution is -0.116. The van der Waals surface area contributed by atoms with E-state index in [1.165, 1.54) is 0 Å². The largest absolute Gasteiger partial charge is 0.298 e. The summed E-state index contributed by atoms with van der Waals surface area (Å²) in [6.45, 7) is 4.26. The fraction of sp³-hybridized carbons (Fsp3) is 0.636. The highest BCUT2D eigenvalue weighted by Gasteiger charge is 2.08. The first-order valence-corrected chi connectivity index (χ1v) is 6.61. The van der Waals surface area contributed by atoms with Crippen LogP contribution in [0.3, 0.4) is 0 Å². The Morgan fingerprint density at radius 1 is 1.67 bits per heavy atom. The highest BCUT2D eigenvalue weighted by molar-refractivity contribution is 7.99. The Morgan fingerprint density at radius 3 is 3.00 bits per heavy atom. The lowest BCUT2D eigenvalue weighted by Crippen LogP contribution is -2.08. The summed E-state index contributed by atoms with van der Waals surface area (Å²) < 4.78 is 1.93. The van der Waals surface area contributed by atoms with E-state index in [9.17, 15) is 4.79 Å². The molecule has 0 fully saturated rings. The van der Waals surface area contributed by atoms with Gasteiger partial charge < -0.3 is 0 Å². The number of hydrogen-bond donors (Lipinski definition) is 0. The third kappa shape index (κ3) is 3.70. The van der Waals surface area contributed by atoms with Crippen LogP contribution in [0.1, 0.15) is 32.0 Å². The normalized spacial score (nSPS) is 12.7. The summed E-state index contributed by atoms with van der Waals surface area (Å²) in [6.07, 6.45) is 5.41. The number of carbonyl (C=O) groups is 1. The van der Waals surface area contributed by atoms with E-state index < -0.39 is 0 Å². The molecule has 3 nitrogen and oxygen atoms in total. The van der Waals surface area contributed by atoms with Crippen molar-refractivity contribution in [2.75, 3.05) is 12.0 Å². The van der Waals surface area contributed by atoms with E-state index in [4.69, 9.17) is 0 Å². The Hall–Kier alpha value is -0.770. The maximum atomic E-state index is 11.4. The SMILES string of the molecule is CCC(C)n1ccc(CC(=O)CSC)n1. The molecule has 0 aliphatic rings. The van der Waals surface area contributed by atoms with Gasteiger partial charge in [-0.05, 0) is 25.7 Å². The minimum absolute atomic E-state index is 0.247. The summed E-state index contributed by atoms with van der Waals surface area (Å²) in [4.78, 5) is 11.4. The number of hydrogen-bond acceptors (Lipinski definition) is 3. The van der Waals surface area contributed by atoms with Crippen molar-refractivity contribution in [3.8, 4) is 0 Å². The number of carbonyl (C=O) groups excluding carboxylic acids is 1. The molecule has 0 bridgehead atoms. The van der Waals surface area contributed by atoms with Crippen molar-refractivity contribution < 1.29 is 4.79 Å². The predicted molar refractivity (Wildman–Crippen MR) is 64.3 cm³/mol. The van der Waals surface area contributed by atoms with Crippen molar-refractivity contribution in [2.24, 2.45) is 0 Å². The van der Waals surface area contributed by atoms with Crippen molar-refractivity contribution >= 4 is 17.5 Å². The molecule has 1 aromatic heterocycles. The highest BCUT2D eigenvalue weighted by Crippen LogP contribution is 2.10. The monoisotopic (exact) mass is 226 g/mol. The molecule has 0 spiro atoms. The Labute approximate surface area is 95.2 Å². The zero-order chi connectivity index (χ0) is 11.3. The first kappa shape index (κ1) is 12.3. The van der Waals surface area contributed by atoms with Crippen molar-refractivity contribution in [3.05, 3.63) is 18.0 Å². The number of rotatable bonds is 6. The Kier molecular flexibility index (Phi) is 4.88. The van der Waals surface area contributed by atoms with E-state index in [0.29, 0.717) is 18.2 Å². The molecule has 1 aromatic rings. The molecule has 0 aliphatic carbocycles. The van der Waals surface area contributed by atoms with Crippen molar-refractivity contribution in [1.82, 2.24) is 9.78 Å². The molecular formula is C11H18N2OS. The van der Waals surface area contributed by atoms with Crippen LogP contribution in [0.4, 0.5) is 0 Å². The zero-order valence-electron chi connectivity index (χ0n) is 9.56. The standard InChI is InChI=1S/C11H18N2OS/c1-4-9(2)13-6-5-10(12-13)7-11(14)8-15-3/h5-6,9H,4,7-8H2,1-3H3. The second-order valence-corrected chi connectivity index (χ2v) is 4.56. The Morgan fingerprint density at radius 2 is 2.40 bits per heavy atom. The quantitative estimate of drug-likeness (QED) is 0.746. The van der Waals surface area contributed by atoms with E-state index in [2.05, 4.69) is 18.9 Å². The second-order valence-electron chi connectivity index (χ2n) is 3.69. The number of thioether (sulfide) groups is 1. The van der Waals surface area contributed by atoms with Crippen LogP contribution >= 0.6 is 11.8 Å². The summed E-state index contributed by atoms with van der Waals surface area (Å²) in [6, 6.07) is 2.35. The molecule has 1 rings (SSSR count). The molecule has 0 amide bonds. The molecule has 0 aromatic carbocycles. The second kappa shape index (κ2) is 5.95. The van der Waals surface area contributed by atoms with Gasteiger partial charge in [0.05, 0.1) is 17.9 Å². The van der Waals surface area contributed by atoms with Crippen LogP contribution in [0.25, 0.3) is 0 Å². The molecule has 4 heteroatoms. The van der Waals surface area contributed by atoms with Crippen LogP contribution < -0.4 is 0 Å². The third-order valence-corrected chi connectivity index (χ3v) is 3.00. The average Bonchev–Trinajstić information content (AvgIpc) is 2.65. The molecular weight excluding hydrogens is 208 g/mol. The van der Waals surface area contributed by atoms with Gasteiger partial charge in [0, 0.05) is 12.2 Å². The van der Waals surface area contributed by atoms with Gasteiger partial charge in [-0.2, -0.15) is 16.9 Å². The van der Waals surface area contributed by atoms with Gasteiger partial charge in [-0.1, -0.05) is 6.92 Å². The predicted octanol–water partition coefficient (Wildman–Crippen LogP) is 2.33. The molecule has 1 unspecified atom stereocenters. The summed E-state index contributed by atoms with van der Waals surface area (Å²) >= 11 is 1.56. The number of nitrogens with zero attached hydrogens (tertiary/aromatic N) is 2. The summed E-state index contributed by atoms with van der Waals surface area (Å²) in [5.41, 5.74) is 0.884. The van der Waals surface area contributed by atoms with Gasteiger partial charge in [0.2, 0.25) is 0 Å². The van der Waals surface area contributed by atoms with E-state index >= 15 is 0 Å². The average molecular weight is 226 g/mol. The van der Waals surface area contributed by atoms with Gasteiger partial charge in [-0.25, -0.2) is 0 Å². The van der Waals surface area contributed by atoms with Crippen LogP contribution in [0.15, 0.2) is 12.3 Å². The van der Waals surface area contributed by atoms with E-state index in [0.717, 1.165) is 12.1 Å². The minimum atomic E-state index is 0.247. The zero-order valence-corrected chi connectivity index (χ0v) is 10.4. The molecule has 84 valence electrons. The summed E-state index contributed by atoms with van der Waals surface area (Å²) in [5.74, 6) is 0.827. The number of Topliss-reactive ketones (excluding diaryl/α,β-unsaturated/α-hetero) is 1. The van der Waals surface area contributed by atoms with Gasteiger partial charge in [-0.3, -0.25) is 9.48 Å². The highest BCUT2D eigenvalue weighted by atomic mass is 32.2. The smallest absolute Gasteiger partial charge is 0.148 e. The number of ketones is 1. The maximum absolute atomic E-state index is 11.4. The van der Waals surface area contributed by atoms with Crippen molar-refractivity contribution in [1.29, 1.82) is 0 Å². The molecule has 0 saturated carbocycles. The van der Waals surface area contributed by atoms with Gasteiger partial charge in [0.25, 0.3) is 0 Å². The van der Waals surface area contributed by atoms with Crippen LogP contribution in [0.2, 0.25) is 0 Å². The minimum Gasteiger partial charge on any atom is -0.298 e. The molecule has 0 aliphatic heterocycles. The van der Waals surface area contributed by atoms with E-state index in [-0.39, 0.29) is 5.78 Å². The molecule has 1 heterocycles. The molecule has 0 saturated heterocycles. The lowest BCUT2D eigenvalue weighted by atomic mass is 10.2. The Bertz CT molecular complexity index is 322. The van der Waals surface area contributed by atoms with Crippen molar-refractivity contribution in [2.45, 2.75) is 32.7 Å². The van der Waals surface area contributed by atoms with Crippen molar-refractivity contribution in [3.63, 3.8) is 0 Å². The van der Waals surface area contributed by atoms with Gasteiger partial charge in [0.15, 0.2) is 0 Å². The molecule has 1 atom stereocenters. The van der Waals surface area contributed by atoms with Gasteiger partial charge in [-0.15, -0.1) is 0 Å². The van der Waals surface area contributed by atoms with Crippen LogP contribution in [-0.4, -0.2) is 27.6 Å². The molecule has 0 N–H and O–H groups in total. The number of aromatic nitrogens is 2.